The van der Waals surface area contributed by atoms with Gasteiger partial charge in [-0.2, -0.15) is 0 Å². The largest absolute Gasteiger partial charge is 0.384 e. The van der Waals surface area contributed by atoms with Crippen LogP contribution in [0.15, 0.2) is 61.2 Å². The van der Waals surface area contributed by atoms with Gasteiger partial charge in [-0.15, -0.1) is 0 Å². The summed E-state index contributed by atoms with van der Waals surface area (Å²) in [7, 11) is 0. The lowest BCUT2D eigenvalue weighted by Crippen LogP contribution is -2.00. The molecule has 0 aliphatic rings. The van der Waals surface area contributed by atoms with Crippen molar-refractivity contribution in [2.45, 2.75) is 6.10 Å². The molecule has 2 aromatic carbocycles. The Labute approximate surface area is 99.9 Å². The summed E-state index contributed by atoms with van der Waals surface area (Å²) in [6.45, 7) is 3.83. The van der Waals surface area contributed by atoms with Crippen LogP contribution in [-0.2, 0) is 0 Å². The lowest BCUT2D eigenvalue weighted by atomic mass is 9.97. The molecule has 0 saturated heterocycles. The first-order valence-electron chi connectivity index (χ1n) is 5.36. The molecule has 0 heterocycles. The Balaban J connectivity index is 2.27. The van der Waals surface area contributed by atoms with Gasteiger partial charge in [-0.3, -0.25) is 0 Å². The number of hydrogen-bond donors (Lipinski definition) is 1. The van der Waals surface area contributed by atoms with E-state index in [-0.39, 0.29) is 5.82 Å². The molecule has 0 aliphatic carbocycles. The summed E-state index contributed by atoms with van der Waals surface area (Å²) in [6.07, 6.45) is -0.807. The van der Waals surface area contributed by atoms with Crippen molar-refractivity contribution in [2.75, 3.05) is 0 Å². The Morgan fingerprint density at radius 1 is 1.06 bits per heavy atom. The molecule has 0 aromatic heterocycles. The van der Waals surface area contributed by atoms with E-state index in [4.69, 9.17) is 0 Å². The molecule has 1 nitrogen and oxygen atoms in total. The summed E-state index contributed by atoms with van der Waals surface area (Å²) < 4.78 is 13.1. The molecule has 1 unspecified atom stereocenters. The van der Waals surface area contributed by atoms with Crippen molar-refractivity contribution in [1.82, 2.24) is 0 Å². The molecule has 2 heteroatoms. The number of aliphatic hydroxyl groups is 1. The van der Waals surface area contributed by atoms with Crippen LogP contribution in [0.3, 0.4) is 0 Å². The number of aliphatic hydroxyl groups excluding tert-OH is 1. The van der Waals surface area contributed by atoms with E-state index in [1.807, 2.05) is 30.3 Å². The van der Waals surface area contributed by atoms with Crippen LogP contribution in [0.4, 0.5) is 4.39 Å². The summed E-state index contributed by atoms with van der Waals surface area (Å²) >= 11 is 0. The second-order valence-corrected chi connectivity index (χ2v) is 3.85. The van der Waals surface area contributed by atoms with E-state index < -0.39 is 6.10 Å². The Kier molecular flexibility index (Phi) is 3.35. The monoisotopic (exact) mass is 228 g/mol. The van der Waals surface area contributed by atoms with E-state index in [1.165, 1.54) is 12.1 Å². The minimum atomic E-state index is -0.807. The Hall–Kier alpha value is -1.93. The maximum Gasteiger partial charge on any atom is 0.123 e. The van der Waals surface area contributed by atoms with Crippen LogP contribution in [-0.4, -0.2) is 5.11 Å². The zero-order chi connectivity index (χ0) is 12.3. The molecule has 0 aliphatic heterocycles. The van der Waals surface area contributed by atoms with Crippen molar-refractivity contribution in [3.05, 3.63) is 78.1 Å². The van der Waals surface area contributed by atoms with Crippen molar-refractivity contribution in [3.8, 4) is 0 Å². The standard InChI is InChI=1S/C15H13FO/c1-11(13-8-5-9-14(16)10-13)15(17)12-6-3-2-4-7-12/h2-10,15,17H,1H2. The van der Waals surface area contributed by atoms with Crippen LogP contribution < -0.4 is 0 Å². The molecule has 2 aromatic rings. The molecule has 0 amide bonds. The molecule has 0 saturated carbocycles. The van der Waals surface area contributed by atoms with Gasteiger partial charge in [0.2, 0.25) is 0 Å². The van der Waals surface area contributed by atoms with Gasteiger partial charge in [0.05, 0.1) is 0 Å². The second-order valence-electron chi connectivity index (χ2n) is 3.85. The smallest absolute Gasteiger partial charge is 0.123 e. The van der Waals surface area contributed by atoms with Gasteiger partial charge in [0, 0.05) is 0 Å². The van der Waals surface area contributed by atoms with E-state index in [1.54, 1.807) is 12.1 Å². The quantitative estimate of drug-likeness (QED) is 0.851. The van der Waals surface area contributed by atoms with Gasteiger partial charge >= 0.3 is 0 Å². The van der Waals surface area contributed by atoms with Gasteiger partial charge in [0.15, 0.2) is 0 Å². The Morgan fingerprint density at radius 3 is 2.41 bits per heavy atom. The average molecular weight is 228 g/mol. The Morgan fingerprint density at radius 2 is 1.76 bits per heavy atom. The highest BCUT2D eigenvalue weighted by Gasteiger charge is 2.13. The topological polar surface area (TPSA) is 20.2 Å². The third-order valence-electron chi connectivity index (χ3n) is 2.64. The highest BCUT2D eigenvalue weighted by molar-refractivity contribution is 5.68. The zero-order valence-electron chi connectivity index (χ0n) is 9.31. The lowest BCUT2D eigenvalue weighted by molar-refractivity contribution is 0.238. The molecular weight excluding hydrogens is 215 g/mol. The fourth-order valence-electron chi connectivity index (χ4n) is 1.68. The SMILES string of the molecule is C=C(c1cccc(F)c1)C(O)c1ccccc1. The fraction of sp³-hybridized carbons (Fsp3) is 0.0667. The summed E-state index contributed by atoms with van der Waals surface area (Å²) in [5, 5.41) is 10.1. The van der Waals surface area contributed by atoms with Crippen LogP contribution in [0, 0.1) is 5.82 Å². The van der Waals surface area contributed by atoms with Gasteiger partial charge < -0.3 is 5.11 Å². The molecule has 17 heavy (non-hydrogen) atoms. The first-order chi connectivity index (χ1) is 8.18. The molecule has 0 bridgehead atoms. The van der Waals surface area contributed by atoms with Gasteiger partial charge in [-0.25, -0.2) is 4.39 Å². The summed E-state index contributed by atoms with van der Waals surface area (Å²) in [4.78, 5) is 0. The van der Waals surface area contributed by atoms with Gasteiger partial charge in [0.1, 0.15) is 11.9 Å². The molecule has 86 valence electrons. The van der Waals surface area contributed by atoms with E-state index in [0.717, 1.165) is 5.56 Å². The van der Waals surface area contributed by atoms with E-state index in [9.17, 15) is 9.50 Å². The number of halogens is 1. The average Bonchev–Trinajstić information content (AvgIpc) is 2.38. The molecule has 2 rings (SSSR count). The first kappa shape index (κ1) is 11.6. The highest BCUT2D eigenvalue weighted by Crippen LogP contribution is 2.28. The number of benzene rings is 2. The fourth-order valence-corrected chi connectivity index (χ4v) is 1.68. The third-order valence-corrected chi connectivity index (χ3v) is 2.64. The van der Waals surface area contributed by atoms with Crippen LogP contribution in [0.1, 0.15) is 17.2 Å². The van der Waals surface area contributed by atoms with Gasteiger partial charge in [0.25, 0.3) is 0 Å². The zero-order valence-corrected chi connectivity index (χ0v) is 9.31. The van der Waals surface area contributed by atoms with Crippen molar-refractivity contribution < 1.29 is 9.50 Å². The minimum absolute atomic E-state index is 0.330. The second kappa shape index (κ2) is 4.93. The van der Waals surface area contributed by atoms with Crippen molar-refractivity contribution in [2.24, 2.45) is 0 Å². The Bertz CT molecular complexity index is 519. The molecule has 0 fully saturated rings. The highest BCUT2D eigenvalue weighted by atomic mass is 19.1. The molecule has 0 spiro atoms. The predicted octanol–water partition coefficient (Wildman–Crippen LogP) is 3.57. The van der Waals surface area contributed by atoms with E-state index in [0.29, 0.717) is 11.1 Å². The molecule has 1 N–H and O–H groups in total. The molecule has 0 radical (unpaired) electrons. The summed E-state index contributed by atoms with van der Waals surface area (Å²) in [5.41, 5.74) is 1.86. The van der Waals surface area contributed by atoms with Crippen LogP contribution in [0.2, 0.25) is 0 Å². The van der Waals surface area contributed by atoms with E-state index >= 15 is 0 Å². The lowest BCUT2D eigenvalue weighted by Gasteiger charge is -2.14. The number of rotatable bonds is 3. The molecule has 1 atom stereocenters. The van der Waals surface area contributed by atoms with Crippen molar-refractivity contribution in [1.29, 1.82) is 0 Å². The van der Waals surface area contributed by atoms with Gasteiger partial charge in [-0.05, 0) is 28.8 Å². The van der Waals surface area contributed by atoms with E-state index in [2.05, 4.69) is 6.58 Å². The third kappa shape index (κ3) is 2.60. The first-order valence-corrected chi connectivity index (χ1v) is 5.36. The number of hydrogen-bond acceptors (Lipinski definition) is 1. The molecular formula is C15H13FO. The van der Waals surface area contributed by atoms with Crippen LogP contribution in [0.25, 0.3) is 5.57 Å². The summed E-state index contributed by atoms with van der Waals surface area (Å²) in [5.74, 6) is -0.330. The predicted molar refractivity (Wildman–Crippen MR) is 66.8 cm³/mol. The van der Waals surface area contributed by atoms with Crippen LogP contribution in [0.5, 0.6) is 0 Å². The van der Waals surface area contributed by atoms with Gasteiger partial charge in [-0.1, -0.05) is 49.0 Å². The maximum absolute atomic E-state index is 13.1. The summed E-state index contributed by atoms with van der Waals surface area (Å²) in [6, 6.07) is 15.3. The minimum Gasteiger partial charge on any atom is -0.384 e. The van der Waals surface area contributed by atoms with Crippen molar-refractivity contribution in [3.63, 3.8) is 0 Å². The van der Waals surface area contributed by atoms with Crippen molar-refractivity contribution >= 4 is 5.57 Å². The maximum atomic E-state index is 13.1. The normalized spacial score (nSPS) is 12.1. The van der Waals surface area contributed by atoms with Crippen LogP contribution >= 0.6 is 0 Å².